The Bertz CT molecular complexity index is 372. The van der Waals surface area contributed by atoms with E-state index in [4.69, 9.17) is 5.73 Å². The molecule has 0 aliphatic heterocycles. The van der Waals surface area contributed by atoms with Gasteiger partial charge < -0.3 is 5.73 Å². The summed E-state index contributed by atoms with van der Waals surface area (Å²) in [6.45, 7) is 0.677. The molecule has 0 saturated heterocycles. The van der Waals surface area contributed by atoms with Crippen molar-refractivity contribution in [2.45, 2.75) is 12.3 Å². The zero-order valence-corrected chi connectivity index (χ0v) is 9.21. The Balaban J connectivity index is 2.31. The number of hydrogen-bond acceptors (Lipinski definition) is 2. The zero-order valence-electron chi connectivity index (χ0n) is 9.21. The fourth-order valence-electron chi connectivity index (χ4n) is 1.92. The molecule has 2 heteroatoms. The zero-order chi connectivity index (χ0) is 11.2. The first-order valence-corrected chi connectivity index (χ1v) is 5.58. The van der Waals surface area contributed by atoms with Gasteiger partial charge in [0.2, 0.25) is 0 Å². The van der Waals surface area contributed by atoms with Crippen LogP contribution in [0.25, 0.3) is 0 Å². The second-order valence-corrected chi connectivity index (χ2v) is 3.80. The number of rotatable bonds is 4. The maximum atomic E-state index is 5.68. The lowest BCUT2D eigenvalue weighted by Crippen LogP contribution is -2.09. The summed E-state index contributed by atoms with van der Waals surface area (Å²) in [5.74, 6) is 0.312. The first-order chi connectivity index (χ1) is 7.92. The average molecular weight is 212 g/mol. The van der Waals surface area contributed by atoms with Crippen LogP contribution in [0.4, 0.5) is 0 Å². The van der Waals surface area contributed by atoms with Crippen LogP contribution in [-0.4, -0.2) is 11.5 Å². The molecule has 2 N–H and O–H groups in total. The number of pyridine rings is 1. The molecule has 2 aromatic rings. The maximum Gasteiger partial charge on any atom is 0.0478 e. The highest BCUT2D eigenvalue weighted by Crippen LogP contribution is 2.25. The molecule has 1 aromatic heterocycles. The predicted molar refractivity (Wildman–Crippen MR) is 66.2 cm³/mol. The van der Waals surface area contributed by atoms with Crippen molar-refractivity contribution in [1.82, 2.24) is 4.98 Å². The van der Waals surface area contributed by atoms with Gasteiger partial charge in [-0.25, -0.2) is 0 Å². The molecule has 1 heterocycles. The third kappa shape index (κ3) is 2.47. The van der Waals surface area contributed by atoms with Crippen LogP contribution in [-0.2, 0) is 0 Å². The van der Waals surface area contributed by atoms with Crippen molar-refractivity contribution in [3.05, 3.63) is 66.0 Å². The number of nitrogens with two attached hydrogens (primary N) is 1. The van der Waals surface area contributed by atoms with Gasteiger partial charge in [-0.15, -0.1) is 0 Å². The van der Waals surface area contributed by atoms with Gasteiger partial charge in [0, 0.05) is 17.8 Å². The third-order valence-corrected chi connectivity index (χ3v) is 2.70. The second kappa shape index (κ2) is 5.42. The van der Waals surface area contributed by atoms with Gasteiger partial charge in [-0.1, -0.05) is 36.4 Å². The molecule has 1 unspecified atom stereocenters. The molecule has 1 aromatic carbocycles. The molecule has 0 bridgehead atoms. The van der Waals surface area contributed by atoms with Crippen molar-refractivity contribution >= 4 is 0 Å². The summed E-state index contributed by atoms with van der Waals surface area (Å²) in [4.78, 5) is 4.42. The molecular formula is C14H16N2. The first kappa shape index (κ1) is 10.8. The quantitative estimate of drug-likeness (QED) is 0.846. The molecule has 0 amide bonds. The van der Waals surface area contributed by atoms with E-state index in [2.05, 4.69) is 35.3 Å². The highest BCUT2D eigenvalue weighted by molar-refractivity contribution is 5.28. The van der Waals surface area contributed by atoms with E-state index in [-0.39, 0.29) is 0 Å². The third-order valence-electron chi connectivity index (χ3n) is 2.70. The molecule has 0 spiro atoms. The molecule has 1 atom stereocenters. The Kier molecular flexibility index (Phi) is 3.67. The van der Waals surface area contributed by atoms with E-state index in [9.17, 15) is 0 Å². The predicted octanol–water partition coefficient (Wildman–Crippen LogP) is 2.56. The van der Waals surface area contributed by atoms with Gasteiger partial charge in [-0.3, -0.25) is 4.98 Å². The highest BCUT2D eigenvalue weighted by atomic mass is 14.7. The van der Waals surface area contributed by atoms with E-state index in [1.807, 2.05) is 24.4 Å². The van der Waals surface area contributed by atoms with Crippen molar-refractivity contribution < 1.29 is 0 Å². The van der Waals surface area contributed by atoms with Crippen molar-refractivity contribution in [1.29, 1.82) is 0 Å². The maximum absolute atomic E-state index is 5.68. The summed E-state index contributed by atoms with van der Waals surface area (Å²) in [6.07, 6.45) is 2.77. The van der Waals surface area contributed by atoms with Crippen molar-refractivity contribution in [2.75, 3.05) is 6.54 Å². The summed E-state index contributed by atoms with van der Waals surface area (Å²) in [6, 6.07) is 16.4. The summed E-state index contributed by atoms with van der Waals surface area (Å²) >= 11 is 0. The number of hydrogen-bond donors (Lipinski definition) is 1. The van der Waals surface area contributed by atoms with E-state index < -0.39 is 0 Å². The molecule has 0 fully saturated rings. The Morgan fingerprint density at radius 1 is 1.00 bits per heavy atom. The van der Waals surface area contributed by atoms with Crippen LogP contribution in [0.5, 0.6) is 0 Å². The average Bonchev–Trinajstić information content (AvgIpc) is 2.38. The molecule has 0 aliphatic carbocycles. The monoisotopic (exact) mass is 212 g/mol. The summed E-state index contributed by atoms with van der Waals surface area (Å²) in [7, 11) is 0. The number of benzene rings is 1. The Morgan fingerprint density at radius 2 is 1.75 bits per heavy atom. The van der Waals surface area contributed by atoms with Gasteiger partial charge in [0.25, 0.3) is 0 Å². The lowest BCUT2D eigenvalue weighted by atomic mass is 9.92. The van der Waals surface area contributed by atoms with Gasteiger partial charge in [0.15, 0.2) is 0 Å². The molecule has 82 valence electrons. The largest absolute Gasteiger partial charge is 0.330 e. The van der Waals surface area contributed by atoms with E-state index in [0.717, 1.165) is 12.1 Å². The van der Waals surface area contributed by atoms with Crippen LogP contribution in [0.2, 0.25) is 0 Å². The van der Waals surface area contributed by atoms with E-state index in [1.54, 1.807) is 0 Å². The molecule has 0 aliphatic rings. The summed E-state index contributed by atoms with van der Waals surface area (Å²) in [5.41, 5.74) is 8.06. The summed E-state index contributed by atoms with van der Waals surface area (Å²) in [5, 5.41) is 0. The van der Waals surface area contributed by atoms with Gasteiger partial charge in [0.1, 0.15) is 0 Å². The van der Waals surface area contributed by atoms with Crippen LogP contribution >= 0.6 is 0 Å². The smallest absolute Gasteiger partial charge is 0.0478 e. The summed E-state index contributed by atoms with van der Waals surface area (Å²) < 4.78 is 0. The van der Waals surface area contributed by atoms with E-state index in [1.165, 1.54) is 5.56 Å². The standard InChI is InChI=1S/C14H16N2/c15-10-9-13(12-6-2-1-3-7-12)14-8-4-5-11-16-14/h1-8,11,13H,9-10,15H2. The minimum atomic E-state index is 0.312. The Morgan fingerprint density at radius 3 is 2.38 bits per heavy atom. The highest BCUT2D eigenvalue weighted by Gasteiger charge is 2.13. The van der Waals surface area contributed by atoms with Crippen molar-refractivity contribution in [3.8, 4) is 0 Å². The molecular weight excluding hydrogens is 196 g/mol. The molecule has 2 rings (SSSR count). The van der Waals surface area contributed by atoms with Crippen molar-refractivity contribution in [2.24, 2.45) is 5.73 Å². The van der Waals surface area contributed by atoms with Crippen molar-refractivity contribution in [3.63, 3.8) is 0 Å². The fraction of sp³-hybridized carbons (Fsp3) is 0.214. The van der Waals surface area contributed by atoms with Gasteiger partial charge in [-0.2, -0.15) is 0 Å². The lowest BCUT2D eigenvalue weighted by Gasteiger charge is -2.15. The second-order valence-electron chi connectivity index (χ2n) is 3.80. The SMILES string of the molecule is NCCC(c1ccccc1)c1ccccn1. The molecule has 16 heavy (non-hydrogen) atoms. The first-order valence-electron chi connectivity index (χ1n) is 5.58. The number of nitrogens with zero attached hydrogens (tertiary/aromatic N) is 1. The minimum Gasteiger partial charge on any atom is -0.330 e. The van der Waals surface area contributed by atoms with E-state index >= 15 is 0 Å². The topological polar surface area (TPSA) is 38.9 Å². The fourth-order valence-corrected chi connectivity index (χ4v) is 1.92. The molecule has 0 radical (unpaired) electrons. The van der Waals surface area contributed by atoms with E-state index in [0.29, 0.717) is 12.5 Å². The molecule has 0 saturated carbocycles. The van der Waals surface area contributed by atoms with Gasteiger partial charge in [0.05, 0.1) is 0 Å². The lowest BCUT2D eigenvalue weighted by molar-refractivity contribution is 0.706. The minimum absolute atomic E-state index is 0.312. The van der Waals surface area contributed by atoms with Crippen LogP contribution < -0.4 is 5.73 Å². The van der Waals surface area contributed by atoms with Crippen LogP contribution in [0.15, 0.2) is 54.7 Å². The van der Waals surface area contributed by atoms with Crippen LogP contribution in [0.3, 0.4) is 0 Å². The normalized spacial score (nSPS) is 12.3. The Hall–Kier alpha value is -1.67. The Labute approximate surface area is 96.1 Å². The van der Waals surface area contributed by atoms with Crippen LogP contribution in [0.1, 0.15) is 23.6 Å². The van der Waals surface area contributed by atoms with Crippen LogP contribution in [0, 0.1) is 0 Å². The molecule has 2 nitrogen and oxygen atoms in total. The van der Waals surface area contributed by atoms with Gasteiger partial charge in [-0.05, 0) is 30.7 Å². The number of aromatic nitrogens is 1. The van der Waals surface area contributed by atoms with Gasteiger partial charge >= 0.3 is 0 Å².